The van der Waals surface area contributed by atoms with Gasteiger partial charge in [-0.3, -0.25) is 53.8 Å². The first kappa shape index (κ1) is 93.7. The molecule has 0 aliphatic carbocycles. The zero-order chi connectivity index (χ0) is 92.0. The average molecular weight is 1870 g/mol. The Kier molecular flexibility index (Phi) is 33.4. The summed E-state index contributed by atoms with van der Waals surface area (Å²) in [5.74, 6) is 5.86. The number of aliphatic imine (C=N–C) groups is 4. The Morgan fingerprint density at radius 3 is 1.13 bits per heavy atom. The first-order valence-corrected chi connectivity index (χ1v) is 48.5. The van der Waals surface area contributed by atoms with E-state index >= 15 is 0 Å². The standard InChI is InChI=1S/C30H37FN2O3S.C26H22N2O4S.2C26H22N2O3S/c1-2-3-4-5-6-7-8-9-10-11-18-33-29(34)28(37-30(33)32-25-15-13-24(31)14-16-25)22-23-12-17-26-27(21-23)36-20-19-35-26;1-30-21-10-8-20(9-11-21)28-25(29)24(33-26(28)27-17-18-5-3-2-4-6-18)16-19-7-12-22-23(15-19)32-14-13-31-22;29-25-24(16-21-11-12-22-23(15-21)31-14-13-30-22)32-26(27-17-19-7-3-1-4-8-19)28(25)18-20-9-5-2-6-10-20;29-25-24(18-20-11-12-22-23(17-20)31-16-15-30-22)32-26(28(25)21-9-5-2-6-10-21)27-14-13-19-7-3-1-4-8-19/h12-17,21-22H,2-11,18-20H2,1H3;2-12,15-16H,13-14,17H2,1H3;1-12,15-16H,13-14,17-18H2;1-12,17-18H,13-16H2/b28-22-,32-30?;2*24-16-,27-26?;24-18-,27-26?. The molecule has 4 fully saturated rings. The second-order valence-electron chi connectivity index (χ2n) is 31.8. The molecule has 0 radical (unpaired) electrons. The van der Waals surface area contributed by atoms with E-state index in [1.807, 2.05) is 261 Å². The molecule has 21 nitrogen and oxygen atoms in total. The summed E-state index contributed by atoms with van der Waals surface area (Å²) in [6, 6.07) is 86.2. The number of hydrogen-bond acceptors (Lipinski definition) is 21. The minimum absolute atomic E-state index is 0.0412. The predicted molar refractivity (Wildman–Crippen MR) is 538 cm³/mol. The number of thioether (sulfide) groups is 4. The molecule has 8 aliphatic rings. The summed E-state index contributed by atoms with van der Waals surface area (Å²) in [7, 11) is 1.62. The summed E-state index contributed by atoms with van der Waals surface area (Å²) in [4.78, 5) is 81.9. The van der Waals surface area contributed by atoms with Crippen LogP contribution < -0.4 is 52.4 Å². The van der Waals surface area contributed by atoms with E-state index in [-0.39, 0.29) is 29.4 Å². The lowest BCUT2D eigenvalue weighted by Crippen LogP contribution is -2.30. The predicted octanol–water partition coefficient (Wildman–Crippen LogP) is 23.6. The first-order valence-electron chi connectivity index (χ1n) is 45.2. The monoisotopic (exact) mass is 1870 g/mol. The molecule has 0 saturated carbocycles. The summed E-state index contributed by atoms with van der Waals surface area (Å²) in [6.07, 6.45) is 20.8. The van der Waals surface area contributed by atoms with Gasteiger partial charge in [0.15, 0.2) is 66.7 Å². The van der Waals surface area contributed by atoms with Gasteiger partial charge in [0, 0.05) is 13.1 Å². The molecule has 26 heteroatoms. The van der Waals surface area contributed by atoms with E-state index in [9.17, 15) is 23.6 Å². The topological polar surface area (TPSA) is 214 Å². The lowest BCUT2D eigenvalue weighted by Gasteiger charge is -2.18. The number of carbonyl (C=O) groups is 4. The molecule has 19 rings (SSSR count). The molecule has 4 amide bonds. The second-order valence-corrected chi connectivity index (χ2v) is 35.9. The number of unbranched alkanes of at least 4 members (excludes halogenated alkanes) is 9. The van der Waals surface area contributed by atoms with E-state index in [0.29, 0.717) is 155 Å². The summed E-state index contributed by atoms with van der Waals surface area (Å²) in [5, 5.41) is 2.68. The number of halogens is 1. The van der Waals surface area contributed by atoms with Crippen LogP contribution in [-0.2, 0) is 45.2 Å². The van der Waals surface area contributed by atoms with Gasteiger partial charge >= 0.3 is 0 Å². The van der Waals surface area contributed by atoms with Crippen molar-refractivity contribution in [1.82, 2.24) is 9.80 Å². The molecule has 0 aromatic heterocycles. The first-order chi connectivity index (χ1) is 65.9. The van der Waals surface area contributed by atoms with Gasteiger partial charge in [-0.15, -0.1) is 0 Å². The van der Waals surface area contributed by atoms with E-state index < -0.39 is 0 Å². The van der Waals surface area contributed by atoms with Crippen molar-refractivity contribution in [2.45, 2.75) is 97.2 Å². The Hall–Kier alpha value is -13.5. The molecule has 0 spiro atoms. The number of amides is 4. The van der Waals surface area contributed by atoms with Crippen molar-refractivity contribution in [3.05, 3.63) is 343 Å². The normalized spacial score (nSPS) is 17.6. The molecule has 0 atom stereocenters. The van der Waals surface area contributed by atoms with Crippen molar-refractivity contribution in [3.8, 4) is 51.7 Å². The third-order valence-corrected chi connectivity index (χ3v) is 26.2. The van der Waals surface area contributed by atoms with Crippen molar-refractivity contribution in [1.29, 1.82) is 0 Å². The smallest absolute Gasteiger partial charge is 0.271 e. The molecule has 8 aliphatic heterocycles. The average Bonchev–Trinajstić information content (AvgIpc) is 1.65. The number of anilines is 2. The highest BCUT2D eigenvalue weighted by molar-refractivity contribution is 8.20. The quantitative estimate of drug-likeness (QED) is 0.0329. The van der Waals surface area contributed by atoms with Gasteiger partial charge in [0.1, 0.15) is 64.4 Å². The van der Waals surface area contributed by atoms with Crippen LogP contribution in [0.3, 0.4) is 0 Å². The summed E-state index contributed by atoms with van der Waals surface area (Å²) in [5.41, 5.74) is 10.2. The molecule has 8 heterocycles. The third-order valence-electron chi connectivity index (χ3n) is 22.1. The Morgan fingerprint density at radius 2 is 0.694 bits per heavy atom. The zero-order valence-electron chi connectivity index (χ0n) is 74.7. The van der Waals surface area contributed by atoms with Crippen molar-refractivity contribution in [2.24, 2.45) is 20.0 Å². The maximum Gasteiger partial charge on any atom is 0.271 e. The van der Waals surface area contributed by atoms with Crippen molar-refractivity contribution in [2.75, 3.05) is 82.9 Å². The maximum atomic E-state index is 13.4. The van der Waals surface area contributed by atoms with Gasteiger partial charge in [0.25, 0.3) is 23.6 Å². The van der Waals surface area contributed by atoms with Crippen LogP contribution in [0, 0.1) is 5.82 Å². The van der Waals surface area contributed by atoms with E-state index in [2.05, 4.69) is 24.0 Å². The molecule has 0 bridgehead atoms. The van der Waals surface area contributed by atoms with E-state index in [0.717, 1.165) is 98.3 Å². The number of amidine groups is 4. The van der Waals surface area contributed by atoms with Gasteiger partial charge in [0.2, 0.25) is 0 Å². The largest absolute Gasteiger partial charge is 0.497 e. The zero-order valence-corrected chi connectivity index (χ0v) is 77.9. The minimum atomic E-state index is -0.305. The number of carbonyl (C=O) groups excluding carboxylic acids is 4. The van der Waals surface area contributed by atoms with Crippen LogP contribution in [-0.4, -0.2) is 127 Å². The van der Waals surface area contributed by atoms with Crippen LogP contribution in [0.25, 0.3) is 24.3 Å². The fourth-order valence-electron chi connectivity index (χ4n) is 15.2. The van der Waals surface area contributed by atoms with E-state index in [4.69, 9.17) is 57.6 Å². The number of fused-ring (bicyclic) bond motifs is 4. The molecular weight excluding hydrogens is 1760 g/mol. The van der Waals surface area contributed by atoms with Crippen LogP contribution in [0.2, 0.25) is 0 Å². The maximum absolute atomic E-state index is 13.4. The van der Waals surface area contributed by atoms with E-state index in [1.54, 1.807) is 38.8 Å². The fourth-order valence-corrected chi connectivity index (χ4v) is 19.2. The van der Waals surface area contributed by atoms with Crippen molar-refractivity contribution in [3.63, 3.8) is 0 Å². The van der Waals surface area contributed by atoms with Gasteiger partial charge in [-0.05, 0) is 238 Å². The van der Waals surface area contributed by atoms with Crippen molar-refractivity contribution < 1.29 is 66.2 Å². The number of nitrogens with zero attached hydrogens (tertiary/aromatic N) is 8. The summed E-state index contributed by atoms with van der Waals surface area (Å²) >= 11 is 5.55. The highest BCUT2D eigenvalue weighted by Crippen LogP contribution is 2.44. The second kappa shape index (κ2) is 47.7. The highest BCUT2D eigenvalue weighted by Gasteiger charge is 2.39. The molecule has 11 aromatic rings. The minimum Gasteiger partial charge on any atom is -0.497 e. The Morgan fingerprint density at radius 1 is 0.343 bits per heavy atom. The van der Waals surface area contributed by atoms with Crippen molar-refractivity contribution >= 4 is 133 Å². The number of methoxy groups -OCH3 is 1. The number of para-hydroxylation sites is 1. The highest BCUT2D eigenvalue weighted by atomic mass is 32.2. The van der Waals surface area contributed by atoms with Gasteiger partial charge in [-0.2, -0.15) is 0 Å². The third kappa shape index (κ3) is 25.6. The Balaban J connectivity index is 0.000000130. The fraction of sp³-hybridized carbons (Fsp3) is 0.241. The number of benzene rings is 11. The molecule has 4 saturated heterocycles. The number of ether oxygens (including phenoxy) is 9. The van der Waals surface area contributed by atoms with Crippen LogP contribution in [0.4, 0.5) is 21.5 Å². The number of hydrogen-bond donors (Lipinski definition) is 0. The lowest BCUT2D eigenvalue weighted by atomic mass is 10.1. The Bertz CT molecular complexity index is 6170. The van der Waals surface area contributed by atoms with Gasteiger partial charge < -0.3 is 42.6 Å². The van der Waals surface area contributed by atoms with Crippen LogP contribution in [0.5, 0.6) is 51.7 Å². The lowest BCUT2D eigenvalue weighted by molar-refractivity contribution is -0.123. The van der Waals surface area contributed by atoms with Crippen LogP contribution in [0.15, 0.2) is 313 Å². The number of rotatable bonds is 28. The molecule has 684 valence electrons. The van der Waals surface area contributed by atoms with Gasteiger partial charge in [0.05, 0.1) is 63.4 Å². The molecular formula is C108H103FN8O13S4. The van der Waals surface area contributed by atoms with Crippen LogP contribution >= 0.6 is 47.0 Å². The SMILES string of the molecule is CCCCCCCCCCCCN1C(=O)/C(=C/c2ccc3c(c2)OCCO3)SC1=Nc1ccc(F)cc1.COc1ccc(N2C(=O)/C(=C/c3ccc4c(c3)OCCO4)SC2=NCc2ccccc2)cc1.O=C1/C(=C/c2ccc3c(c2)OCCO3)SC(=NCCc2ccccc2)N1c1ccccc1.O=C1/C(=C/c2ccc3c(c2)OCCO3)SC(=NCc2ccccc2)N1Cc1ccccc1. The molecule has 0 N–H and O–H groups in total. The van der Waals surface area contributed by atoms with E-state index in [1.165, 1.54) is 116 Å². The molecule has 11 aromatic carbocycles. The Labute approximate surface area is 797 Å². The van der Waals surface area contributed by atoms with Crippen LogP contribution in [0.1, 0.15) is 116 Å². The molecule has 0 unspecified atom stereocenters. The van der Waals surface area contributed by atoms with Gasteiger partial charge in [-0.25, -0.2) is 9.38 Å². The summed E-state index contributed by atoms with van der Waals surface area (Å²) in [6.45, 7) is 9.26. The van der Waals surface area contributed by atoms with Gasteiger partial charge in [-0.1, -0.05) is 229 Å². The molecule has 134 heavy (non-hydrogen) atoms. The summed E-state index contributed by atoms with van der Waals surface area (Å²) < 4.78 is 63.8.